The van der Waals surface area contributed by atoms with Crippen LogP contribution < -0.4 is 5.43 Å². The number of halogens is 1. The molecule has 0 aliphatic carbocycles. The van der Waals surface area contributed by atoms with Crippen molar-refractivity contribution in [3.63, 3.8) is 0 Å². The predicted molar refractivity (Wildman–Crippen MR) is 54.6 cm³/mol. The fourth-order valence-electron chi connectivity index (χ4n) is 1.15. The van der Waals surface area contributed by atoms with Crippen LogP contribution in [0, 0.1) is 6.92 Å². The molecule has 0 atom stereocenters. The van der Waals surface area contributed by atoms with Crippen molar-refractivity contribution >= 4 is 12.4 Å². The van der Waals surface area contributed by atoms with Gasteiger partial charge in [-0.15, -0.1) is 12.4 Å². The average molecular weight is 260 g/mol. The number of rotatable bonds is 2. The Bertz CT molecular complexity index is 338. The van der Waals surface area contributed by atoms with Gasteiger partial charge in [-0.3, -0.25) is 4.79 Å². The summed E-state index contributed by atoms with van der Waals surface area (Å²) in [6.07, 6.45) is 2.70. The van der Waals surface area contributed by atoms with Crippen LogP contribution in [-0.2, 0) is 23.6 Å². The first-order chi connectivity index (χ1) is 5.66. The Morgan fingerprint density at radius 2 is 2.07 bits per heavy atom. The maximum absolute atomic E-state index is 10.9. The van der Waals surface area contributed by atoms with Crippen LogP contribution in [0.5, 0.6) is 5.75 Å². The van der Waals surface area contributed by atoms with Crippen LogP contribution in [0.25, 0.3) is 0 Å². The van der Waals surface area contributed by atoms with Gasteiger partial charge in [0.25, 0.3) is 0 Å². The number of aromatic nitrogens is 1. The van der Waals surface area contributed by atoms with E-state index < -0.39 is 0 Å². The molecule has 0 spiro atoms. The second kappa shape index (κ2) is 6.93. The third-order valence-corrected chi connectivity index (χ3v) is 1.88. The summed E-state index contributed by atoms with van der Waals surface area (Å²) in [6, 6.07) is 1.39. The summed E-state index contributed by atoms with van der Waals surface area (Å²) in [5.41, 5.74) is 0.337. The van der Waals surface area contributed by atoms with Gasteiger partial charge in [-0.1, -0.05) is 6.92 Å². The summed E-state index contributed by atoms with van der Waals surface area (Å²) in [5, 5.41) is 9.28. The van der Waals surface area contributed by atoms with E-state index >= 15 is 0 Å². The Morgan fingerprint density at radius 3 is 2.57 bits per heavy atom. The van der Waals surface area contributed by atoms with Gasteiger partial charge in [0, 0.05) is 35.9 Å². The van der Waals surface area contributed by atoms with Gasteiger partial charge < -0.3 is 9.67 Å². The molecule has 0 aliphatic heterocycles. The van der Waals surface area contributed by atoms with Crippen molar-refractivity contribution in [1.29, 1.82) is 0 Å². The first-order valence-corrected chi connectivity index (χ1v) is 4.05. The zero-order valence-corrected chi connectivity index (χ0v) is 10.1. The Morgan fingerprint density at radius 1 is 1.50 bits per heavy atom. The van der Waals surface area contributed by atoms with Gasteiger partial charge >= 0.3 is 0 Å². The quantitative estimate of drug-likeness (QED) is 0.821. The Labute approximate surface area is 100 Å². The number of hydrogen-bond donors (Lipinski definition) is 1. The maximum Gasteiger partial charge on any atom is 0.223 e. The van der Waals surface area contributed by atoms with E-state index in [9.17, 15) is 9.90 Å². The standard InChI is InChI=1S/C9H13NO2.ClH.Fe/c1-3-5-10-6-4-8(11)9(12)7(10)2;;/h4,6,12H,3,5H2,1-2H3;1H;. The van der Waals surface area contributed by atoms with E-state index in [4.69, 9.17) is 0 Å². The molecule has 5 heteroatoms. The molecule has 0 saturated carbocycles. The normalized spacial score (nSPS) is 8.71. The van der Waals surface area contributed by atoms with Crippen molar-refractivity contribution < 1.29 is 22.2 Å². The molecule has 1 rings (SSSR count). The van der Waals surface area contributed by atoms with E-state index in [0.29, 0.717) is 5.69 Å². The minimum atomic E-state index is -0.306. The molecule has 0 unspecified atom stereocenters. The molecule has 1 aromatic rings. The molecule has 3 nitrogen and oxygen atoms in total. The van der Waals surface area contributed by atoms with E-state index in [0.717, 1.165) is 13.0 Å². The summed E-state index contributed by atoms with van der Waals surface area (Å²) in [6.45, 7) is 4.63. The van der Waals surface area contributed by atoms with Crippen molar-refractivity contribution in [2.24, 2.45) is 0 Å². The van der Waals surface area contributed by atoms with E-state index in [-0.39, 0.29) is 40.7 Å². The Balaban J connectivity index is 0. The van der Waals surface area contributed by atoms with E-state index in [1.165, 1.54) is 6.07 Å². The molecule has 0 saturated heterocycles. The first kappa shape index (κ1) is 16.0. The summed E-state index contributed by atoms with van der Waals surface area (Å²) >= 11 is 0. The van der Waals surface area contributed by atoms with E-state index in [1.54, 1.807) is 13.1 Å². The van der Waals surface area contributed by atoms with Crippen molar-refractivity contribution in [2.45, 2.75) is 26.8 Å². The number of nitrogens with zero attached hydrogens (tertiary/aromatic N) is 1. The summed E-state index contributed by atoms with van der Waals surface area (Å²) in [5.74, 6) is -0.133. The topological polar surface area (TPSA) is 42.2 Å². The second-order valence-corrected chi connectivity index (χ2v) is 2.81. The number of pyridine rings is 1. The first-order valence-electron chi connectivity index (χ1n) is 4.05. The summed E-state index contributed by atoms with van der Waals surface area (Å²) in [4.78, 5) is 10.9. The molecule has 1 heterocycles. The Kier molecular flexibility index (Phi) is 7.93. The second-order valence-electron chi connectivity index (χ2n) is 2.81. The summed E-state index contributed by atoms with van der Waals surface area (Å²) in [7, 11) is 0. The van der Waals surface area contributed by atoms with Gasteiger partial charge in [0.05, 0.1) is 5.69 Å². The third-order valence-electron chi connectivity index (χ3n) is 1.88. The maximum atomic E-state index is 10.9. The Hall–Kier alpha value is -0.441. The monoisotopic (exact) mass is 259 g/mol. The van der Waals surface area contributed by atoms with Crippen molar-refractivity contribution in [2.75, 3.05) is 0 Å². The largest absolute Gasteiger partial charge is 0.503 e. The molecule has 0 bridgehead atoms. The van der Waals surface area contributed by atoms with Crippen LogP contribution in [-0.4, -0.2) is 9.67 Å². The van der Waals surface area contributed by atoms with Crippen molar-refractivity contribution in [3.8, 4) is 5.75 Å². The van der Waals surface area contributed by atoms with Gasteiger partial charge in [-0.25, -0.2) is 0 Å². The van der Waals surface area contributed by atoms with Crippen LogP contribution in [0.15, 0.2) is 17.1 Å². The third kappa shape index (κ3) is 3.37. The molecule has 0 fully saturated rings. The van der Waals surface area contributed by atoms with Gasteiger partial charge in [0.1, 0.15) is 0 Å². The zero-order chi connectivity index (χ0) is 9.14. The molecular formula is C9H14ClFeNO2. The molecule has 0 aromatic carbocycles. The predicted octanol–water partition coefficient (Wildman–Crippen LogP) is 1.69. The molecular weight excluding hydrogens is 245 g/mol. The van der Waals surface area contributed by atoms with Crippen LogP contribution in [0.1, 0.15) is 19.0 Å². The van der Waals surface area contributed by atoms with E-state index in [1.807, 2.05) is 4.57 Å². The van der Waals surface area contributed by atoms with E-state index in [2.05, 4.69) is 6.92 Å². The van der Waals surface area contributed by atoms with Gasteiger partial charge in [0.2, 0.25) is 5.43 Å². The van der Waals surface area contributed by atoms with Gasteiger partial charge in [-0.2, -0.15) is 0 Å². The number of aromatic hydroxyl groups is 1. The molecule has 0 amide bonds. The molecule has 0 radical (unpaired) electrons. The fourth-order valence-corrected chi connectivity index (χ4v) is 1.15. The molecule has 82 valence electrons. The van der Waals surface area contributed by atoms with Crippen LogP contribution in [0.4, 0.5) is 0 Å². The smallest absolute Gasteiger partial charge is 0.223 e. The van der Waals surface area contributed by atoms with Gasteiger partial charge in [-0.05, 0) is 13.3 Å². The van der Waals surface area contributed by atoms with Crippen LogP contribution in [0.3, 0.4) is 0 Å². The van der Waals surface area contributed by atoms with Crippen LogP contribution in [0.2, 0.25) is 0 Å². The average Bonchev–Trinajstić information content (AvgIpc) is 2.07. The number of aryl methyl sites for hydroxylation is 1. The minimum absolute atomic E-state index is 0. The number of hydrogen-bond acceptors (Lipinski definition) is 2. The van der Waals surface area contributed by atoms with Crippen molar-refractivity contribution in [1.82, 2.24) is 4.57 Å². The van der Waals surface area contributed by atoms with Crippen LogP contribution >= 0.6 is 12.4 Å². The van der Waals surface area contributed by atoms with Gasteiger partial charge in [0.15, 0.2) is 5.75 Å². The fraction of sp³-hybridized carbons (Fsp3) is 0.444. The molecule has 1 N–H and O–H groups in total. The molecule has 14 heavy (non-hydrogen) atoms. The molecule has 1 aromatic heterocycles. The zero-order valence-electron chi connectivity index (χ0n) is 8.13. The minimum Gasteiger partial charge on any atom is -0.503 e. The van der Waals surface area contributed by atoms with Crippen molar-refractivity contribution in [3.05, 3.63) is 28.2 Å². The molecule has 0 aliphatic rings. The summed E-state index contributed by atoms with van der Waals surface area (Å²) < 4.78 is 1.87. The SMILES string of the molecule is CCCn1ccc(=O)c(O)c1C.Cl.[Fe].